The van der Waals surface area contributed by atoms with Crippen LogP contribution >= 0.6 is 23.5 Å². The van der Waals surface area contributed by atoms with Crippen LogP contribution in [0.1, 0.15) is 18.4 Å². The third-order valence-electron chi connectivity index (χ3n) is 3.36. The highest BCUT2D eigenvalue weighted by atomic mass is 35.5. The zero-order valence-corrected chi connectivity index (χ0v) is 14.8. The molecule has 1 amide bonds. The average molecular weight is 416 g/mol. The normalized spacial score (nSPS) is 19.1. The molecule has 1 aromatic rings. The Balaban J connectivity index is 2.35. The van der Waals surface area contributed by atoms with Crippen LogP contribution in [-0.4, -0.2) is 30.9 Å². The average Bonchev–Trinajstić information content (AvgIpc) is 2.60. The van der Waals surface area contributed by atoms with Gasteiger partial charge in [0.2, 0.25) is 0 Å². The number of anilines is 1. The van der Waals surface area contributed by atoms with Crippen LogP contribution in [0.2, 0.25) is 0 Å². The Morgan fingerprint density at radius 3 is 2.42 bits per heavy atom. The number of hydrogen-bond acceptors (Lipinski definition) is 4. The third-order valence-corrected chi connectivity index (χ3v) is 4.52. The standard InChI is InChI=1S/C15H15ClF5N3OS/c16-13-12(14(25)23-4-2-1-3-22-13)8-5-11(10(18)6-9(8)17)24-26-7-15(19,20)21/h5-6,22,24H,1-4,7H2,(H,23,25)/b13-12-. The number of nitrogens with one attached hydrogen (secondary N) is 3. The van der Waals surface area contributed by atoms with E-state index in [1.807, 2.05) is 0 Å². The molecule has 3 N–H and O–H groups in total. The van der Waals surface area contributed by atoms with Gasteiger partial charge in [0.25, 0.3) is 5.91 Å². The number of benzene rings is 1. The summed E-state index contributed by atoms with van der Waals surface area (Å²) < 4.78 is 66.9. The summed E-state index contributed by atoms with van der Waals surface area (Å²) in [6.07, 6.45) is -3.05. The molecule has 0 saturated carbocycles. The molecule has 11 heteroatoms. The highest BCUT2D eigenvalue weighted by Crippen LogP contribution is 2.30. The summed E-state index contributed by atoms with van der Waals surface area (Å²) in [5.41, 5.74) is -0.950. The molecule has 1 heterocycles. The molecule has 0 aromatic heterocycles. The Morgan fingerprint density at radius 1 is 1.12 bits per heavy atom. The van der Waals surface area contributed by atoms with E-state index < -0.39 is 29.5 Å². The van der Waals surface area contributed by atoms with Crippen molar-refractivity contribution in [2.24, 2.45) is 0 Å². The molecule has 0 atom stereocenters. The van der Waals surface area contributed by atoms with Crippen molar-refractivity contribution in [3.63, 3.8) is 0 Å². The lowest BCUT2D eigenvalue weighted by Gasteiger charge is -2.14. The fourth-order valence-corrected chi connectivity index (χ4v) is 3.01. The van der Waals surface area contributed by atoms with Crippen LogP contribution in [0.15, 0.2) is 17.3 Å². The molecular weight excluding hydrogens is 401 g/mol. The number of rotatable bonds is 4. The molecule has 0 spiro atoms. The maximum absolute atomic E-state index is 14.3. The molecule has 4 nitrogen and oxygen atoms in total. The quantitative estimate of drug-likeness (QED) is 0.395. The largest absolute Gasteiger partial charge is 0.399 e. The van der Waals surface area contributed by atoms with Gasteiger partial charge in [-0.05, 0) is 30.9 Å². The summed E-state index contributed by atoms with van der Waals surface area (Å²) in [4.78, 5) is 12.3. The van der Waals surface area contributed by atoms with Gasteiger partial charge in [0.15, 0.2) is 0 Å². The maximum atomic E-state index is 14.3. The number of carbonyl (C=O) groups excluding carboxylic acids is 1. The lowest BCUT2D eigenvalue weighted by atomic mass is 10.0. The Labute approximate surface area is 155 Å². The summed E-state index contributed by atoms with van der Waals surface area (Å²) in [5, 5.41) is 5.23. The predicted octanol–water partition coefficient (Wildman–Crippen LogP) is 3.99. The van der Waals surface area contributed by atoms with E-state index in [0.29, 0.717) is 25.6 Å². The van der Waals surface area contributed by atoms with Crippen LogP contribution in [0.5, 0.6) is 0 Å². The summed E-state index contributed by atoms with van der Waals surface area (Å²) in [7, 11) is 0. The second kappa shape index (κ2) is 8.81. The van der Waals surface area contributed by atoms with Crippen molar-refractivity contribution in [1.29, 1.82) is 0 Å². The van der Waals surface area contributed by atoms with Gasteiger partial charge in [0.05, 0.1) is 11.3 Å². The molecule has 0 bridgehead atoms. The van der Waals surface area contributed by atoms with Gasteiger partial charge in [-0.1, -0.05) is 11.6 Å². The van der Waals surface area contributed by atoms with Crippen molar-refractivity contribution in [3.8, 4) is 0 Å². The van der Waals surface area contributed by atoms with Crippen LogP contribution in [0.4, 0.5) is 27.6 Å². The highest BCUT2D eigenvalue weighted by Gasteiger charge is 2.28. The van der Waals surface area contributed by atoms with Gasteiger partial charge in [-0.2, -0.15) is 13.2 Å². The monoisotopic (exact) mass is 415 g/mol. The number of alkyl halides is 3. The Morgan fingerprint density at radius 2 is 1.77 bits per heavy atom. The zero-order chi connectivity index (χ0) is 19.3. The first kappa shape index (κ1) is 20.6. The Bertz CT molecular complexity index is 711. The lowest BCUT2D eigenvalue weighted by Crippen LogP contribution is -2.26. The van der Waals surface area contributed by atoms with E-state index in [-0.39, 0.29) is 33.9 Å². The minimum absolute atomic E-state index is 0.121. The summed E-state index contributed by atoms with van der Waals surface area (Å²) in [5.74, 6) is -4.08. The molecule has 0 radical (unpaired) electrons. The van der Waals surface area contributed by atoms with Gasteiger partial charge < -0.3 is 15.4 Å². The fourth-order valence-electron chi connectivity index (χ4n) is 2.18. The van der Waals surface area contributed by atoms with Crippen molar-refractivity contribution in [2.45, 2.75) is 19.0 Å². The van der Waals surface area contributed by atoms with E-state index in [2.05, 4.69) is 15.4 Å². The van der Waals surface area contributed by atoms with Crippen molar-refractivity contribution in [3.05, 3.63) is 34.5 Å². The molecule has 144 valence electrons. The summed E-state index contributed by atoms with van der Waals surface area (Å²) in [6, 6.07) is 1.41. The number of hydrogen-bond donors (Lipinski definition) is 3. The predicted molar refractivity (Wildman–Crippen MR) is 91.5 cm³/mol. The molecule has 0 aliphatic carbocycles. The molecule has 1 aliphatic rings. The van der Waals surface area contributed by atoms with Gasteiger partial charge >= 0.3 is 6.18 Å². The van der Waals surface area contributed by atoms with Crippen molar-refractivity contribution >= 4 is 40.7 Å². The van der Waals surface area contributed by atoms with Crippen LogP contribution in [0.3, 0.4) is 0 Å². The number of carbonyl (C=O) groups is 1. The van der Waals surface area contributed by atoms with Crippen molar-refractivity contribution < 1.29 is 26.7 Å². The molecular formula is C15H15ClF5N3OS. The molecule has 2 rings (SSSR count). The molecule has 26 heavy (non-hydrogen) atoms. The third kappa shape index (κ3) is 5.66. The van der Waals surface area contributed by atoms with Gasteiger partial charge in [0.1, 0.15) is 22.5 Å². The van der Waals surface area contributed by atoms with Crippen LogP contribution < -0.4 is 15.4 Å². The second-order valence-electron chi connectivity index (χ2n) is 5.40. The number of amides is 1. The highest BCUT2D eigenvalue weighted by molar-refractivity contribution is 8.00. The van der Waals surface area contributed by atoms with Gasteiger partial charge in [-0.3, -0.25) is 4.79 Å². The van der Waals surface area contributed by atoms with E-state index in [1.165, 1.54) is 0 Å². The molecule has 1 aromatic carbocycles. The van der Waals surface area contributed by atoms with E-state index >= 15 is 0 Å². The van der Waals surface area contributed by atoms with Crippen LogP contribution in [-0.2, 0) is 4.79 Å². The summed E-state index contributed by atoms with van der Waals surface area (Å²) in [6.45, 7) is 0.802. The van der Waals surface area contributed by atoms with E-state index in [9.17, 15) is 26.7 Å². The topological polar surface area (TPSA) is 53.2 Å². The SMILES string of the molecule is O=C1NCCCCN/C(Cl)=C\1c1cc(NSCC(F)(F)F)c(F)cc1F. The first-order valence-electron chi connectivity index (χ1n) is 7.55. The Hall–Kier alpha value is -1.68. The minimum Gasteiger partial charge on any atom is -0.375 e. The van der Waals surface area contributed by atoms with Gasteiger partial charge in [0, 0.05) is 24.7 Å². The van der Waals surface area contributed by atoms with E-state index in [1.54, 1.807) is 0 Å². The Kier molecular flexibility index (Phi) is 6.99. The lowest BCUT2D eigenvalue weighted by molar-refractivity contribution is -0.115. The zero-order valence-electron chi connectivity index (χ0n) is 13.3. The second-order valence-corrected chi connectivity index (χ2v) is 6.56. The molecule has 0 saturated heterocycles. The summed E-state index contributed by atoms with van der Waals surface area (Å²) >= 11 is 6.26. The minimum atomic E-state index is -4.45. The maximum Gasteiger partial charge on any atom is 0.399 e. The molecule has 0 unspecified atom stereocenters. The molecule has 0 fully saturated rings. The fraction of sp³-hybridized carbons (Fsp3) is 0.400. The van der Waals surface area contributed by atoms with Gasteiger partial charge in [-0.15, -0.1) is 0 Å². The van der Waals surface area contributed by atoms with E-state index in [0.717, 1.165) is 12.5 Å². The smallest absolute Gasteiger partial charge is 0.375 e. The van der Waals surface area contributed by atoms with Crippen LogP contribution in [0, 0.1) is 11.6 Å². The first-order chi connectivity index (χ1) is 12.2. The van der Waals surface area contributed by atoms with Gasteiger partial charge in [-0.25, -0.2) is 8.78 Å². The van der Waals surface area contributed by atoms with Crippen molar-refractivity contribution in [1.82, 2.24) is 10.6 Å². The molecule has 1 aliphatic heterocycles. The first-order valence-corrected chi connectivity index (χ1v) is 8.91. The van der Waals surface area contributed by atoms with E-state index in [4.69, 9.17) is 11.6 Å². The van der Waals surface area contributed by atoms with Crippen molar-refractivity contribution in [2.75, 3.05) is 23.6 Å². The van der Waals surface area contributed by atoms with Crippen LogP contribution in [0.25, 0.3) is 5.57 Å². The number of halogens is 6.